The number of hydrogen-bond donors (Lipinski definition) is 0. The summed E-state index contributed by atoms with van der Waals surface area (Å²) in [6.07, 6.45) is 4.11. The minimum atomic E-state index is 0.340. The normalized spacial score (nSPS) is 41.5. The monoisotopic (exact) mass is 195 g/mol. The Kier molecular flexibility index (Phi) is 1.84. The van der Waals surface area contributed by atoms with Crippen LogP contribution >= 0.6 is 0 Å². The van der Waals surface area contributed by atoms with E-state index >= 15 is 0 Å². The van der Waals surface area contributed by atoms with E-state index in [0.29, 0.717) is 30.0 Å². The summed E-state index contributed by atoms with van der Waals surface area (Å²) in [5.41, 5.74) is 0. The molecule has 1 saturated carbocycles. The molecule has 0 unspecified atom stereocenters. The first kappa shape index (κ1) is 8.72. The third kappa shape index (κ3) is 1.34. The highest BCUT2D eigenvalue weighted by Crippen LogP contribution is 2.37. The van der Waals surface area contributed by atoms with Crippen molar-refractivity contribution >= 4 is 5.91 Å². The molecule has 2 aliphatic heterocycles. The van der Waals surface area contributed by atoms with Gasteiger partial charge in [0.1, 0.15) is 0 Å². The number of rotatable bonds is 1. The van der Waals surface area contributed by atoms with Crippen molar-refractivity contribution in [3.8, 4) is 0 Å². The highest BCUT2D eigenvalue weighted by atomic mass is 16.5. The van der Waals surface area contributed by atoms with Gasteiger partial charge in [-0.15, -0.1) is 0 Å². The molecule has 14 heavy (non-hydrogen) atoms. The van der Waals surface area contributed by atoms with Crippen molar-refractivity contribution in [2.75, 3.05) is 13.1 Å². The van der Waals surface area contributed by atoms with E-state index in [2.05, 4.69) is 6.92 Å². The molecule has 3 atom stereocenters. The molecular formula is C11H17NO2. The first-order chi connectivity index (χ1) is 6.74. The molecule has 0 radical (unpaired) electrons. The van der Waals surface area contributed by atoms with Crippen LogP contribution in [-0.2, 0) is 9.53 Å². The lowest BCUT2D eigenvalue weighted by Crippen LogP contribution is -2.32. The van der Waals surface area contributed by atoms with Gasteiger partial charge in [-0.25, -0.2) is 0 Å². The zero-order chi connectivity index (χ0) is 9.71. The first-order valence-electron chi connectivity index (χ1n) is 5.68. The molecule has 2 heterocycles. The van der Waals surface area contributed by atoms with Crippen molar-refractivity contribution in [3.63, 3.8) is 0 Å². The van der Waals surface area contributed by atoms with Gasteiger partial charge < -0.3 is 9.64 Å². The summed E-state index contributed by atoms with van der Waals surface area (Å²) in [4.78, 5) is 13.8. The van der Waals surface area contributed by atoms with Gasteiger partial charge in [-0.1, -0.05) is 0 Å². The molecule has 3 nitrogen and oxygen atoms in total. The van der Waals surface area contributed by atoms with Crippen LogP contribution in [-0.4, -0.2) is 36.1 Å². The molecule has 0 aromatic carbocycles. The van der Waals surface area contributed by atoms with Crippen molar-refractivity contribution < 1.29 is 9.53 Å². The second-order valence-corrected chi connectivity index (χ2v) is 5.00. The maximum Gasteiger partial charge on any atom is 0.225 e. The standard InChI is InChI=1S/C11H17NO2/c1-7-4-9-5-12(6-10(9)14-7)11(13)8-2-3-8/h7-10H,2-6H2,1H3/t7-,9+,10-/m0/s1. The fourth-order valence-electron chi connectivity index (χ4n) is 2.77. The van der Waals surface area contributed by atoms with Gasteiger partial charge in [0.15, 0.2) is 0 Å². The summed E-state index contributed by atoms with van der Waals surface area (Å²) in [6, 6.07) is 0. The predicted octanol–water partition coefficient (Wildman–Crippen LogP) is 1.03. The number of hydrogen-bond acceptors (Lipinski definition) is 2. The molecule has 2 saturated heterocycles. The molecule has 0 bridgehead atoms. The molecule has 0 aromatic heterocycles. The van der Waals surface area contributed by atoms with E-state index in [9.17, 15) is 4.79 Å². The maximum absolute atomic E-state index is 11.8. The third-order valence-corrected chi connectivity index (χ3v) is 3.66. The van der Waals surface area contributed by atoms with Gasteiger partial charge >= 0.3 is 0 Å². The Labute approximate surface area is 84.4 Å². The quantitative estimate of drug-likeness (QED) is 0.625. The van der Waals surface area contributed by atoms with Crippen LogP contribution in [0.25, 0.3) is 0 Å². The number of carbonyl (C=O) groups is 1. The molecule has 1 amide bonds. The van der Waals surface area contributed by atoms with Crippen molar-refractivity contribution in [1.82, 2.24) is 4.90 Å². The molecule has 1 aliphatic carbocycles. The number of carbonyl (C=O) groups excluding carboxylic acids is 1. The number of amides is 1. The summed E-state index contributed by atoms with van der Waals surface area (Å²) in [7, 11) is 0. The Morgan fingerprint density at radius 2 is 2.14 bits per heavy atom. The highest BCUT2D eigenvalue weighted by Gasteiger charge is 2.44. The lowest BCUT2D eigenvalue weighted by molar-refractivity contribution is -0.132. The first-order valence-corrected chi connectivity index (χ1v) is 5.68. The molecule has 3 aliphatic rings. The van der Waals surface area contributed by atoms with E-state index in [4.69, 9.17) is 4.74 Å². The molecule has 3 fully saturated rings. The van der Waals surface area contributed by atoms with Crippen molar-refractivity contribution in [2.45, 2.75) is 38.4 Å². The Morgan fingerprint density at radius 3 is 2.79 bits per heavy atom. The predicted molar refractivity (Wildman–Crippen MR) is 51.7 cm³/mol. The van der Waals surface area contributed by atoms with Crippen LogP contribution in [0.2, 0.25) is 0 Å². The van der Waals surface area contributed by atoms with Crippen molar-refractivity contribution in [2.24, 2.45) is 11.8 Å². The SMILES string of the molecule is C[C@H]1C[C@@H]2CN(C(=O)C3CC3)C[C@@H]2O1. The molecule has 0 spiro atoms. The smallest absolute Gasteiger partial charge is 0.225 e. The lowest BCUT2D eigenvalue weighted by atomic mass is 10.0. The summed E-state index contributed by atoms with van der Waals surface area (Å²) in [6.45, 7) is 3.93. The topological polar surface area (TPSA) is 29.5 Å². The van der Waals surface area contributed by atoms with Gasteiger partial charge in [-0.2, -0.15) is 0 Å². The summed E-state index contributed by atoms with van der Waals surface area (Å²) >= 11 is 0. The number of ether oxygens (including phenoxy) is 1. The van der Waals surface area contributed by atoms with E-state index in [-0.39, 0.29) is 0 Å². The third-order valence-electron chi connectivity index (χ3n) is 3.66. The van der Waals surface area contributed by atoms with Crippen LogP contribution in [0.15, 0.2) is 0 Å². The Morgan fingerprint density at radius 1 is 1.36 bits per heavy atom. The molecule has 0 aromatic rings. The van der Waals surface area contributed by atoms with Crippen LogP contribution in [0, 0.1) is 11.8 Å². The van der Waals surface area contributed by atoms with E-state index in [1.54, 1.807) is 0 Å². The summed E-state index contributed by atoms with van der Waals surface area (Å²) in [5.74, 6) is 1.37. The second-order valence-electron chi connectivity index (χ2n) is 5.00. The van der Waals surface area contributed by atoms with Gasteiger partial charge in [-0.05, 0) is 26.2 Å². The number of fused-ring (bicyclic) bond motifs is 1. The van der Waals surface area contributed by atoms with Gasteiger partial charge in [0, 0.05) is 24.9 Å². The minimum Gasteiger partial charge on any atom is -0.373 e. The van der Waals surface area contributed by atoms with Crippen LogP contribution in [0.3, 0.4) is 0 Å². The second kappa shape index (κ2) is 2.96. The lowest BCUT2D eigenvalue weighted by Gasteiger charge is -2.17. The molecule has 3 rings (SSSR count). The fourth-order valence-corrected chi connectivity index (χ4v) is 2.77. The van der Waals surface area contributed by atoms with E-state index in [1.807, 2.05) is 4.90 Å². The number of nitrogens with zero attached hydrogens (tertiary/aromatic N) is 1. The van der Waals surface area contributed by atoms with Crippen LogP contribution in [0.5, 0.6) is 0 Å². The van der Waals surface area contributed by atoms with Crippen molar-refractivity contribution in [1.29, 1.82) is 0 Å². The average Bonchev–Trinajstić information content (AvgIpc) is 2.82. The average molecular weight is 195 g/mol. The summed E-state index contributed by atoms with van der Waals surface area (Å²) < 4.78 is 5.77. The zero-order valence-corrected chi connectivity index (χ0v) is 8.61. The van der Waals surface area contributed by atoms with Crippen LogP contribution in [0.1, 0.15) is 26.2 Å². The van der Waals surface area contributed by atoms with E-state index in [1.165, 1.54) is 0 Å². The van der Waals surface area contributed by atoms with Crippen LogP contribution in [0.4, 0.5) is 0 Å². The Balaban J connectivity index is 1.63. The van der Waals surface area contributed by atoms with Crippen molar-refractivity contribution in [3.05, 3.63) is 0 Å². The fraction of sp³-hybridized carbons (Fsp3) is 0.909. The molecule has 3 heteroatoms. The van der Waals surface area contributed by atoms with Gasteiger partial charge in [0.05, 0.1) is 12.2 Å². The van der Waals surface area contributed by atoms with Gasteiger partial charge in [0.25, 0.3) is 0 Å². The van der Waals surface area contributed by atoms with Gasteiger partial charge in [0.2, 0.25) is 5.91 Å². The Hall–Kier alpha value is -0.570. The van der Waals surface area contributed by atoms with E-state index in [0.717, 1.165) is 32.4 Å². The Bertz CT molecular complexity index is 248. The number of likely N-dealkylation sites (tertiary alicyclic amines) is 1. The van der Waals surface area contributed by atoms with Gasteiger partial charge in [-0.3, -0.25) is 4.79 Å². The van der Waals surface area contributed by atoms with E-state index < -0.39 is 0 Å². The zero-order valence-electron chi connectivity index (χ0n) is 8.61. The summed E-state index contributed by atoms with van der Waals surface area (Å²) in [5, 5.41) is 0. The molecule has 0 N–H and O–H groups in total. The minimum absolute atomic E-state index is 0.340. The molecular weight excluding hydrogens is 178 g/mol. The molecule has 78 valence electrons. The maximum atomic E-state index is 11.8. The van der Waals surface area contributed by atoms with Crippen LogP contribution < -0.4 is 0 Å². The largest absolute Gasteiger partial charge is 0.373 e. The highest BCUT2D eigenvalue weighted by molar-refractivity contribution is 5.81.